The maximum atomic E-state index is 12.8. The van der Waals surface area contributed by atoms with Crippen molar-refractivity contribution in [2.45, 2.75) is 13.5 Å². The number of nitrogens with zero attached hydrogens (tertiary/aromatic N) is 2. The molecule has 0 aliphatic heterocycles. The number of methoxy groups -OCH3 is 1. The molecule has 0 saturated carbocycles. The highest BCUT2D eigenvalue weighted by Gasteiger charge is 2.14. The highest BCUT2D eigenvalue weighted by atomic mass is 16.5. The van der Waals surface area contributed by atoms with E-state index in [0.29, 0.717) is 22.2 Å². The molecule has 0 amide bonds. The minimum atomic E-state index is -0.488. The van der Waals surface area contributed by atoms with Crippen molar-refractivity contribution in [1.82, 2.24) is 9.13 Å². The standard InChI is InChI=1S/C18H16N2O4/c1-3-19-16(21)14-9-4-5-10-15(14)20(18(19)23)13-8-6-7-12(11-13)17(22)24-2/h4-11H,3H2,1-2H3. The van der Waals surface area contributed by atoms with Crippen LogP contribution in [-0.2, 0) is 11.3 Å². The van der Waals surface area contributed by atoms with Gasteiger partial charge in [0, 0.05) is 6.54 Å². The van der Waals surface area contributed by atoms with Gasteiger partial charge in [0.2, 0.25) is 0 Å². The average Bonchev–Trinajstić information content (AvgIpc) is 2.62. The van der Waals surface area contributed by atoms with Gasteiger partial charge in [-0.1, -0.05) is 18.2 Å². The van der Waals surface area contributed by atoms with Gasteiger partial charge in [-0.3, -0.25) is 13.9 Å². The fourth-order valence-corrected chi connectivity index (χ4v) is 2.72. The number of para-hydroxylation sites is 1. The van der Waals surface area contributed by atoms with E-state index in [0.717, 1.165) is 0 Å². The van der Waals surface area contributed by atoms with Crippen molar-refractivity contribution < 1.29 is 9.53 Å². The third-order valence-electron chi connectivity index (χ3n) is 3.88. The Kier molecular flexibility index (Phi) is 4.04. The fourth-order valence-electron chi connectivity index (χ4n) is 2.72. The Morgan fingerprint density at radius 1 is 1.08 bits per heavy atom. The number of hydrogen-bond donors (Lipinski definition) is 0. The van der Waals surface area contributed by atoms with Crippen molar-refractivity contribution in [3.05, 3.63) is 74.9 Å². The molecule has 0 radical (unpaired) electrons. The maximum Gasteiger partial charge on any atom is 0.337 e. The Bertz CT molecular complexity index is 1050. The van der Waals surface area contributed by atoms with E-state index in [4.69, 9.17) is 4.74 Å². The molecular formula is C18H16N2O4. The van der Waals surface area contributed by atoms with Crippen LogP contribution >= 0.6 is 0 Å². The number of hydrogen-bond acceptors (Lipinski definition) is 4. The molecule has 0 N–H and O–H groups in total. The molecule has 122 valence electrons. The Hall–Kier alpha value is -3.15. The van der Waals surface area contributed by atoms with E-state index in [-0.39, 0.29) is 12.1 Å². The predicted molar refractivity (Wildman–Crippen MR) is 90.8 cm³/mol. The Balaban J connectivity index is 2.41. The van der Waals surface area contributed by atoms with Crippen LogP contribution < -0.4 is 11.2 Å². The summed E-state index contributed by atoms with van der Waals surface area (Å²) in [4.78, 5) is 37.0. The van der Waals surface area contributed by atoms with Crippen molar-refractivity contribution in [2.24, 2.45) is 0 Å². The maximum absolute atomic E-state index is 12.8. The van der Waals surface area contributed by atoms with Gasteiger partial charge in [0.25, 0.3) is 5.56 Å². The molecule has 6 heteroatoms. The molecule has 0 aliphatic rings. The molecule has 3 rings (SSSR count). The second-order valence-corrected chi connectivity index (χ2v) is 5.23. The van der Waals surface area contributed by atoms with Crippen LogP contribution in [0.4, 0.5) is 0 Å². The Labute approximate surface area is 137 Å². The first kappa shape index (κ1) is 15.7. The van der Waals surface area contributed by atoms with Gasteiger partial charge in [-0.25, -0.2) is 9.59 Å². The van der Waals surface area contributed by atoms with Crippen molar-refractivity contribution in [3.63, 3.8) is 0 Å². The van der Waals surface area contributed by atoms with Gasteiger partial charge in [-0.05, 0) is 37.3 Å². The van der Waals surface area contributed by atoms with E-state index < -0.39 is 11.7 Å². The van der Waals surface area contributed by atoms with Crippen LogP contribution in [-0.4, -0.2) is 22.2 Å². The Morgan fingerprint density at radius 3 is 2.54 bits per heavy atom. The van der Waals surface area contributed by atoms with Crippen LogP contribution in [0.3, 0.4) is 0 Å². The lowest BCUT2D eigenvalue weighted by Crippen LogP contribution is -2.39. The number of esters is 1. The summed E-state index contributed by atoms with van der Waals surface area (Å²) in [6.07, 6.45) is 0. The summed E-state index contributed by atoms with van der Waals surface area (Å²) >= 11 is 0. The number of aromatic nitrogens is 2. The van der Waals surface area contributed by atoms with Gasteiger partial charge in [0.15, 0.2) is 0 Å². The normalized spacial score (nSPS) is 10.8. The summed E-state index contributed by atoms with van der Waals surface area (Å²) in [7, 11) is 1.30. The van der Waals surface area contributed by atoms with E-state index >= 15 is 0 Å². The molecule has 0 aliphatic carbocycles. The lowest BCUT2D eigenvalue weighted by molar-refractivity contribution is 0.0600. The summed E-state index contributed by atoms with van der Waals surface area (Å²) in [6.45, 7) is 2.01. The zero-order valence-electron chi connectivity index (χ0n) is 13.4. The fraction of sp³-hybridized carbons (Fsp3) is 0.167. The average molecular weight is 324 g/mol. The molecule has 0 fully saturated rings. The number of carbonyl (C=O) groups excluding carboxylic acids is 1. The molecule has 1 aromatic heterocycles. The zero-order chi connectivity index (χ0) is 17.3. The first-order valence-electron chi connectivity index (χ1n) is 7.51. The smallest absolute Gasteiger partial charge is 0.337 e. The van der Waals surface area contributed by atoms with Crippen molar-refractivity contribution in [3.8, 4) is 5.69 Å². The van der Waals surface area contributed by atoms with Crippen molar-refractivity contribution >= 4 is 16.9 Å². The molecule has 0 saturated heterocycles. The summed E-state index contributed by atoms with van der Waals surface area (Å²) in [5.74, 6) is -0.488. The molecule has 2 aromatic carbocycles. The lowest BCUT2D eigenvalue weighted by Gasteiger charge is -2.13. The summed E-state index contributed by atoms with van der Waals surface area (Å²) in [5, 5.41) is 0.447. The number of ether oxygens (including phenoxy) is 1. The Morgan fingerprint density at radius 2 is 1.83 bits per heavy atom. The number of rotatable bonds is 3. The summed E-state index contributed by atoms with van der Waals surface area (Å²) in [6, 6.07) is 13.5. The second kappa shape index (κ2) is 6.16. The van der Waals surface area contributed by atoms with Crippen molar-refractivity contribution in [1.29, 1.82) is 0 Å². The quantitative estimate of drug-likeness (QED) is 0.691. The highest BCUT2D eigenvalue weighted by Crippen LogP contribution is 2.15. The first-order valence-corrected chi connectivity index (χ1v) is 7.51. The largest absolute Gasteiger partial charge is 0.465 e. The van der Waals surface area contributed by atoms with Gasteiger partial charge in [-0.15, -0.1) is 0 Å². The van der Waals surface area contributed by atoms with Gasteiger partial charge < -0.3 is 4.74 Å². The molecule has 0 unspecified atom stereocenters. The second-order valence-electron chi connectivity index (χ2n) is 5.23. The SMILES string of the molecule is CCn1c(=O)c2ccccc2n(-c2cccc(C(=O)OC)c2)c1=O. The van der Waals surface area contributed by atoms with Crippen LogP contribution in [0.15, 0.2) is 58.1 Å². The molecule has 6 nitrogen and oxygen atoms in total. The molecule has 3 aromatic rings. The monoisotopic (exact) mass is 324 g/mol. The number of benzene rings is 2. The minimum Gasteiger partial charge on any atom is -0.465 e. The van der Waals surface area contributed by atoms with E-state index in [1.54, 1.807) is 55.5 Å². The van der Waals surface area contributed by atoms with Crippen LogP contribution in [0.5, 0.6) is 0 Å². The molecule has 24 heavy (non-hydrogen) atoms. The summed E-state index contributed by atoms with van der Waals surface area (Å²) in [5.41, 5.74) is 0.572. The molecule has 0 spiro atoms. The lowest BCUT2D eigenvalue weighted by atomic mass is 10.2. The van der Waals surface area contributed by atoms with Crippen LogP contribution in [0, 0.1) is 0 Å². The van der Waals surface area contributed by atoms with Gasteiger partial charge in [0.1, 0.15) is 0 Å². The van der Waals surface area contributed by atoms with E-state index in [9.17, 15) is 14.4 Å². The third kappa shape index (κ3) is 2.42. The van der Waals surface area contributed by atoms with E-state index in [1.165, 1.54) is 16.2 Å². The van der Waals surface area contributed by atoms with Crippen LogP contribution in [0.1, 0.15) is 17.3 Å². The predicted octanol–water partition coefficient (Wildman–Crippen LogP) is 1.96. The van der Waals surface area contributed by atoms with Gasteiger partial charge in [-0.2, -0.15) is 0 Å². The summed E-state index contributed by atoms with van der Waals surface area (Å²) < 4.78 is 7.34. The number of carbonyl (C=O) groups is 1. The molecule has 0 atom stereocenters. The highest BCUT2D eigenvalue weighted by molar-refractivity contribution is 5.90. The zero-order valence-corrected chi connectivity index (χ0v) is 13.4. The van der Waals surface area contributed by atoms with Crippen LogP contribution in [0.25, 0.3) is 16.6 Å². The molecule has 0 bridgehead atoms. The molecular weight excluding hydrogens is 308 g/mol. The van der Waals surface area contributed by atoms with Crippen LogP contribution in [0.2, 0.25) is 0 Å². The number of fused-ring (bicyclic) bond motifs is 1. The van der Waals surface area contributed by atoms with Gasteiger partial charge in [0.05, 0.1) is 29.3 Å². The molecule has 1 heterocycles. The topological polar surface area (TPSA) is 70.3 Å². The van der Waals surface area contributed by atoms with E-state index in [2.05, 4.69) is 0 Å². The van der Waals surface area contributed by atoms with Gasteiger partial charge >= 0.3 is 11.7 Å². The minimum absolute atomic E-state index is 0.263. The third-order valence-corrected chi connectivity index (χ3v) is 3.88. The van der Waals surface area contributed by atoms with Crippen molar-refractivity contribution in [2.75, 3.05) is 7.11 Å². The van der Waals surface area contributed by atoms with E-state index in [1.807, 2.05) is 0 Å². The first-order chi connectivity index (χ1) is 11.6.